The summed E-state index contributed by atoms with van der Waals surface area (Å²) in [5, 5.41) is 2.75. The lowest BCUT2D eigenvalue weighted by Gasteiger charge is -2.02. The van der Waals surface area contributed by atoms with Gasteiger partial charge >= 0.3 is 0 Å². The SMILES string of the molecule is C[C@H](Cl)/C=C/CC(=O)Nc1ccccc1. The third-order valence-corrected chi connectivity index (χ3v) is 1.91. The van der Waals surface area contributed by atoms with E-state index in [9.17, 15) is 4.79 Å². The summed E-state index contributed by atoms with van der Waals surface area (Å²) in [7, 11) is 0. The molecule has 0 aliphatic carbocycles. The van der Waals surface area contributed by atoms with Gasteiger partial charge in [-0.2, -0.15) is 0 Å². The fourth-order valence-corrected chi connectivity index (χ4v) is 1.20. The average molecular weight is 224 g/mol. The van der Waals surface area contributed by atoms with Gasteiger partial charge in [0.1, 0.15) is 0 Å². The summed E-state index contributed by atoms with van der Waals surface area (Å²) in [6.07, 6.45) is 3.92. The van der Waals surface area contributed by atoms with Crippen LogP contribution in [-0.2, 0) is 4.79 Å². The largest absolute Gasteiger partial charge is 0.326 e. The number of para-hydroxylation sites is 1. The standard InChI is InChI=1S/C12H14ClNO/c1-10(13)6-5-9-12(15)14-11-7-3-2-4-8-11/h2-8,10H,9H2,1H3,(H,14,15)/b6-5+/t10-/m0/s1. The highest BCUT2D eigenvalue weighted by molar-refractivity contribution is 6.21. The molecule has 0 saturated carbocycles. The van der Waals surface area contributed by atoms with E-state index in [4.69, 9.17) is 11.6 Å². The van der Waals surface area contributed by atoms with Crippen LogP contribution in [0.3, 0.4) is 0 Å². The number of amides is 1. The van der Waals surface area contributed by atoms with Crippen molar-refractivity contribution in [1.29, 1.82) is 0 Å². The number of anilines is 1. The van der Waals surface area contributed by atoms with Crippen LogP contribution in [0, 0.1) is 0 Å². The van der Waals surface area contributed by atoms with Crippen molar-refractivity contribution in [2.45, 2.75) is 18.7 Å². The van der Waals surface area contributed by atoms with Crippen molar-refractivity contribution in [1.82, 2.24) is 0 Å². The smallest absolute Gasteiger partial charge is 0.228 e. The Morgan fingerprint density at radius 2 is 2.13 bits per heavy atom. The van der Waals surface area contributed by atoms with Crippen molar-refractivity contribution in [3.05, 3.63) is 42.5 Å². The van der Waals surface area contributed by atoms with Crippen molar-refractivity contribution >= 4 is 23.2 Å². The monoisotopic (exact) mass is 223 g/mol. The first-order valence-electron chi connectivity index (χ1n) is 4.84. The minimum absolute atomic E-state index is 0.0326. The number of hydrogen-bond acceptors (Lipinski definition) is 1. The molecule has 1 N–H and O–H groups in total. The van der Waals surface area contributed by atoms with Crippen LogP contribution in [0.4, 0.5) is 5.69 Å². The summed E-state index contributed by atoms with van der Waals surface area (Å²) in [5.74, 6) is -0.0326. The van der Waals surface area contributed by atoms with Crippen LogP contribution in [0.15, 0.2) is 42.5 Å². The first-order chi connectivity index (χ1) is 7.18. The molecule has 0 saturated heterocycles. The van der Waals surface area contributed by atoms with Gasteiger partial charge < -0.3 is 5.32 Å². The molecule has 1 amide bonds. The van der Waals surface area contributed by atoms with Crippen LogP contribution < -0.4 is 5.32 Å². The molecule has 1 atom stereocenters. The van der Waals surface area contributed by atoms with Gasteiger partial charge in [0.25, 0.3) is 0 Å². The number of benzene rings is 1. The zero-order chi connectivity index (χ0) is 11.1. The van der Waals surface area contributed by atoms with Crippen LogP contribution in [0.25, 0.3) is 0 Å². The van der Waals surface area contributed by atoms with Gasteiger partial charge in [-0.15, -0.1) is 11.6 Å². The molecule has 80 valence electrons. The van der Waals surface area contributed by atoms with Crippen LogP contribution in [0.1, 0.15) is 13.3 Å². The Hall–Kier alpha value is -1.28. The van der Waals surface area contributed by atoms with Gasteiger partial charge in [-0.05, 0) is 19.1 Å². The normalized spacial score (nSPS) is 12.7. The molecule has 0 heterocycles. The summed E-state index contributed by atoms with van der Waals surface area (Å²) in [5.41, 5.74) is 0.815. The second-order valence-electron chi connectivity index (χ2n) is 3.22. The maximum Gasteiger partial charge on any atom is 0.228 e. The Morgan fingerprint density at radius 3 is 2.73 bits per heavy atom. The average Bonchev–Trinajstić information content (AvgIpc) is 2.18. The van der Waals surface area contributed by atoms with E-state index < -0.39 is 0 Å². The quantitative estimate of drug-likeness (QED) is 0.617. The molecule has 0 bridgehead atoms. The van der Waals surface area contributed by atoms with E-state index in [0.717, 1.165) is 5.69 Å². The molecule has 0 aromatic heterocycles. The number of hydrogen-bond donors (Lipinski definition) is 1. The van der Waals surface area contributed by atoms with Crippen molar-refractivity contribution in [3.8, 4) is 0 Å². The zero-order valence-electron chi connectivity index (χ0n) is 8.61. The Morgan fingerprint density at radius 1 is 1.47 bits per heavy atom. The molecule has 1 aromatic carbocycles. The molecule has 0 spiro atoms. The van der Waals surface area contributed by atoms with E-state index in [0.29, 0.717) is 6.42 Å². The predicted molar refractivity (Wildman–Crippen MR) is 64.1 cm³/mol. The van der Waals surface area contributed by atoms with E-state index in [1.165, 1.54) is 0 Å². The molecule has 0 unspecified atom stereocenters. The second-order valence-corrected chi connectivity index (χ2v) is 3.91. The Balaban J connectivity index is 2.37. The molecule has 0 fully saturated rings. The summed E-state index contributed by atoms with van der Waals surface area (Å²) < 4.78 is 0. The number of nitrogens with one attached hydrogen (secondary N) is 1. The molecule has 0 aliphatic rings. The fraction of sp³-hybridized carbons (Fsp3) is 0.250. The molecule has 1 aromatic rings. The van der Waals surface area contributed by atoms with Crippen molar-refractivity contribution in [2.24, 2.45) is 0 Å². The molecule has 0 radical (unpaired) electrons. The van der Waals surface area contributed by atoms with Crippen molar-refractivity contribution in [2.75, 3.05) is 5.32 Å². The zero-order valence-corrected chi connectivity index (χ0v) is 9.37. The van der Waals surface area contributed by atoms with Gasteiger partial charge in [-0.1, -0.05) is 30.4 Å². The summed E-state index contributed by atoms with van der Waals surface area (Å²) in [6.45, 7) is 1.85. The van der Waals surface area contributed by atoms with Crippen molar-refractivity contribution in [3.63, 3.8) is 0 Å². The molecule has 0 aliphatic heterocycles. The van der Waals surface area contributed by atoms with Crippen LogP contribution in [0.5, 0.6) is 0 Å². The van der Waals surface area contributed by atoms with E-state index in [2.05, 4.69) is 5.32 Å². The number of carbonyl (C=O) groups is 1. The van der Waals surface area contributed by atoms with E-state index in [-0.39, 0.29) is 11.3 Å². The second kappa shape index (κ2) is 6.25. The number of carbonyl (C=O) groups excluding carboxylic acids is 1. The van der Waals surface area contributed by atoms with Crippen LogP contribution >= 0.6 is 11.6 Å². The molecular formula is C12H14ClNO. The van der Waals surface area contributed by atoms with Gasteiger partial charge in [-0.3, -0.25) is 4.79 Å². The van der Waals surface area contributed by atoms with Crippen LogP contribution in [-0.4, -0.2) is 11.3 Å². The lowest BCUT2D eigenvalue weighted by Crippen LogP contribution is -2.09. The number of halogens is 1. The molecule has 3 heteroatoms. The molecule has 2 nitrogen and oxygen atoms in total. The highest BCUT2D eigenvalue weighted by Gasteiger charge is 1.98. The van der Waals surface area contributed by atoms with Crippen molar-refractivity contribution < 1.29 is 4.79 Å². The van der Waals surface area contributed by atoms with E-state index in [1.807, 2.05) is 37.3 Å². The van der Waals surface area contributed by atoms with E-state index in [1.54, 1.807) is 12.2 Å². The Kier molecular flexibility index (Phi) is 4.91. The Bertz CT molecular complexity index is 333. The fourth-order valence-electron chi connectivity index (χ4n) is 1.10. The third-order valence-electron chi connectivity index (χ3n) is 1.76. The Labute approximate surface area is 94.9 Å². The maximum absolute atomic E-state index is 11.4. The molecule has 1 rings (SSSR count). The summed E-state index contributed by atoms with van der Waals surface area (Å²) in [4.78, 5) is 11.4. The first kappa shape index (κ1) is 11.8. The van der Waals surface area contributed by atoms with Gasteiger partial charge in [0.05, 0.1) is 0 Å². The summed E-state index contributed by atoms with van der Waals surface area (Å²) in [6, 6.07) is 9.38. The molecule has 15 heavy (non-hydrogen) atoms. The number of alkyl halides is 1. The van der Waals surface area contributed by atoms with E-state index >= 15 is 0 Å². The lowest BCUT2D eigenvalue weighted by atomic mass is 10.3. The van der Waals surface area contributed by atoms with Crippen LogP contribution in [0.2, 0.25) is 0 Å². The topological polar surface area (TPSA) is 29.1 Å². The summed E-state index contributed by atoms with van der Waals surface area (Å²) >= 11 is 5.70. The van der Waals surface area contributed by atoms with Gasteiger partial charge in [0.2, 0.25) is 5.91 Å². The number of rotatable bonds is 4. The van der Waals surface area contributed by atoms with Gasteiger partial charge in [-0.25, -0.2) is 0 Å². The highest BCUT2D eigenvalue weighted by Crippen LogP contribution is 2.05. The number of allylic oxidation sites excluding steroid dienone is 1. The predicted octanol–water partition coefficient (Wildman–Crippen LogP) is 3.20. The highest BCUT2D eigenvalue weighted by atomic mass is 35.5. The van der Waals surface area contributed by atoms with Gasteiger partial charge in [0.15, 0.2) is 0 Å². The molecular weight excluding hydrogens is 210 g/mol. The lowest BCUT2D eigenvalue weighted by molar-refractivity contribution is -0.115. The third kappa shape index (κ3) is 5.23. The van der Waals surface area contributed by atoms with Gasteiger partial charge in [0, 0.05) is 17.5 Å². The minimum atomic E-state index is -0.0328. The first-order valence-corrected chi connectivity index (χ1v) is 5.28. The minimum Gasteiger partial charge on any atom is -0.326 e. The maximum atomic E-state index is 11.4.